The van der Waals surface area contributed by atoms with Crippen molar-refractivity contribution in [2.75, 3.05) is 13.2 Å². The molecule has 12 heavy (non-hydrogen) atoms. The van der Waals surface area contributed by atoms with Crippen molar-refractivity contribution in [1.29, 1.82) is 0 Å². The highest BCUT2D eigenvalue weighted by Crippen LogP contribution is 2.17. The molecule has 1 aromatic rings. The van der Waals surface area contributed by atoms with Gasteiger partial charge in [-0.1, -0.05) is 5.21 Å². The average Bonchev–Trinajstić information content (AvgIpc) is 2.57. The van der Waals surface area contributed by atoms with Crippen molar-refractivity contribution in [2.24, 2.45) is 5.73 Å². The summed E-state index contributed by atoms with van der Waals surface area (Å²) in [6, 6.07) is 0.293. The van der Waals surface area contributed by atoms with Gasteiger partial charge < -0.3 is 10.5 Å². The van der Waals surface area contributed by atoms with Crippen molar-refractivity contribution < 1.29 is 4.74 Å². The zero-order valence-corrected chi connectivity index (χ0v) is 6.76. The molecule has 2 N–H and O–H groups in total. The van der Waals surface area contributed by atoms with Gasteiger partial charge in [0, 0.05) is 12.8 Å². The highest BCUT2D eigenvalue weighted by atomic mass is 16.5. The van der Waals surface area contributed by atoms with Gasteiger partial charge in [0.2, 0.25) is 0 Å². The molecule has 66 valence electrons. The number of hydrogen-bond donors (Lipinski definition) is 1. The number of ether oxygens (including phenoxy) is 1. The summed E-state index contributed by atoms with van der Waals surface area (Å²) in [6.07, 6.45) is 4.43. The number of aromatic nitrogens is 3. The third-order valence-electron chi connectivity index (χ3n) is 2.14. The van der Waals surface area contributed by atoms with Crippen LogP contribution in [0.3, 0.4) is 0 Å². The molecule has 0 radical (unpaired) electrons. The molecular formula is C7H12N4O. The first kappa shape index (κ1) is 7.70. The molecule has 1 aliphatic rings. The molecule has 1 aliphatic heterocycles. The highest BCUT2D eigenvalue weighted by Gasteiger charge is 2.24. The van der Waals surface area contributed by atoms with E-state index < -0.39 is 0 Å². The molecule has 1 fully saturated rings. The Morgan fingerprint density at radius 1 is 1.58 bits per heavy atom. The Morgan fingerprint density at radius 3 is 3.17 bits per heavy atom. The molecule has 0 unspecified atom stereocenters. The van der Waals surface area contributed by atoms with Crippen molar-refractivity contribution >= 4 is 0 Å². The average molecular weight is 168 g/mol. The molecule has 2 atom stereocenters. The second-order valence-corrected chi connectivity index (χ2v) is 2.98. The minimum absolute atomic E-state index is 0.0421. The summed E-state index contributed by atoms with van der Waals surface area (Å²) in [4.78, 5) is 0. The molecule has 0 amide bonds. The summed E-state index contributed by atoms with van der Waals surface area (Å²) in [6.45, 7) is 1.38. The summed E-state index contributed by atoms with van der Waals surface area (Å²) < 4.78 is 7.04. The van der Waals surface area contributed by atoms with Gasteiger partial charge in [0.15, 0.2) is 0 Å². The van der Waals surface area contributed by atoms with E-state index in [0.717, 1.165) is 13.0 Å². The zero-order chi connectivity index (χ0) is 8.39. The van der Waals surface area contributed by atoms with Crippen LogP contribution in [-0.2, 0) is 4.74 Å². The van der Waals surface area contributed by atoms with Gasteiger partial charge in [0.25, 0.3) is 0 Å². The van der Waals surface area contributed by atoms with Gasteiger partial charge in [-0.25, -0.2) is 4.68 Å². The Labute approximate surface area is 70.5 Å². The van der Waals surface area contributed by atoms with Crippen molar-refractivity contribution in [1.82, 2.24) is 15.0 Å². The van der Waals surface area contributed by atoms with Gasteiger partial charge in [-0.05, 0) is 6.42 Å². The molecular weight excluding hydrogens is 156 g/mol. The van der Waals surface area contributed by atoms with Crippen LogP contribution >= 0.6 is 0 Å². The van der Waals surface area contributed by atoms with E-state index in [2.05, 4.69) is 10.3 Å². The second-order valence-electron chi connectivity index (χ2n) is 2.98. The monoisotopic (exact) mass is 168 g/mol. The highest BCUT2D eigenvalue weighted by molar-refractivity contribution is 4.82. The quantitative estimate of drug-likeness (QED) is 0.617. The van der Waals surface area contributed by atoms with Gasteiger partial charge in [-0.15, -0.1) is 5.10 Å². The molecule has 1 saturated heterocycles. The van der Waals surface area contributed by atoms with Crippen LogP contribution in [0.4, 0.5) is 0 Å². The lowest BCUT2D eigenvalue weighted by molar-refractivity contribution is 0.0487. The summed E-state index contributed by atoms with van der Waals surface area (Å²) in [5.41, 5.74) is 5.86. The van der Waals surface area contributed by atoms with E-state index in [1.807, 2.05) is 10.9 Å². The lowest BCUT2D eigenvalue weighted by Gasteiger charge is -2.28. The van der Waals surface area contributed by atoms with Crippen molar-refractivity contribution in [2.45, 2.75) is 18.5 Å². The molecule has 0 aromatic carbocycles. The van der Waals surface area contributed by atoms with Crippen LogP contribution in [0.2, 0.25) is 0 Å². The van der Waals surface area contributed by atoms with E-state index in [1.165, 1.54) is 0 Å². The SMILES string of the molecule is N[C@H]1COCC[C@@H]1n1ccnn1. The van der Waals surface area contributed by atoms with E-state index in [1.54, 1.807) is 6.20 Å². The minimum atomic E-state index is 0.0421. The van der Waals surface area contributed by atoms with Crippen molar-refractivity contribution in [3.8, 4) is 0 Å². The number of nitrogens with two attached hydrogens (primary N) is 1. The molecule has 2 heterocycles. The Morgan fingerprint density at radius 2 is 2.50 bits per heavy atom. The van der Waals surface area contributed by atoms with Gasteiger partial charge in [0.05, 0.1) is 24.9 Å². The van der Waals surface area contributed by atoms with E-state index in [9.17, 15) is 0 Å². The molecule has 0 bridgehead atoms. The lowest BCUT2D eigenvalue weighted by atomic mass is 10.1. The number of hydrogen-bond acceptors (Lipinski definition) is 4. The maximum atomic E-state index is 5.86. The summed E-state index contributed by atoms with van der Waals surface area (Å²) in [5, 5.41) is 7.67. The van der Waals surface area contributed by atoms with E-state index in [4.69, 9.17) is 10.5 Å². The van der Waals surface area contributed by atoms with Gasteiger partial charge >= 0.3 is 0 Å². The van der Waals surface area contributed by atoms with Crippen molar-refractivity contribution in [3.05, 3.63) is 12.4 Å². The van der Waals surface area contributed by atoms with E-state index in [0.29, 0.717) is 6.61 Å². The Hall–Kier alpha value is -0.940. The van der Waals surface area contributed by atoms with Crippen LogP contribution in [0.15, 0.2) is 12.4 Å². The molecule has 5 heteroatoms. The molecule has 0 aliphatic carbocycles. The van der Waals surface area contributed by atoms with E-state index >= 15 is 0 Å². The lowest BCUT2D eigenvalue weighted by Crippen LogP contribution is -2.41. The van der Waals surface area contributed by atoms with Crippen LogP contribution in [-0.4, -0.2) is 34.2 Å². The summed E-state index contributed by atoms with van der Waals surface area (Å²) in [5.74, 6) is 0. The van der Waals surface area contributed by atoms with Gasteiger partial charge in [-0.3, -0.25) is 0 Å². The first-order valence-corrected chi connectivity index (χ1v) is 4.07. The Balaban J connectivity index is 2.11. The van der Waals surface area contributed by atoms with Crippen LogP contribution in [0, 0.1) is 0 Å². The van der Waals surface area contributed by atoms with Crippen LogP contribution in [0.25, 0.3) is 0 Å². The molecule has 2 rings (SSSR count). The number of nitrogens with zero attached hydrogens (tertiary/aromatic N) is 3. The fourth-order valence-electron chi connectivity index (χ4n) is 1.47. The normalized spacial score (nSPS) is 30.4. The van der Waals surface area contributed by atoms with E-state index in [-0.39, 0.29) is 12.1 Å². The maximum absolute atomic E-state index is 5.86. The summed E-state index contributed by atoms with van der Waals surface area (Å²) >= 11 is 0. The molecule has 0 spiro atoms. The first-order valence-electron chi connectivity index (χ1n) is 4.07. The molecule has 1 aromatic heterocycles. The van der Waals surface area contributed by atoms with Crippen LogP contribution in [0.1, 0.15) is 12.5 Å². The molecule has 5 nitrogen and oxygen atoms in total. The number of rotatable bonds is 1. The van der Waals surface area contributed by atoms with Gasteiger partial charge in [0.1, 0.15) is 0 Å². The third kappa shape index (κ3) is 1.33. The van der Waals surface area contributed by atoms with Crippen LogP contribution < -0.4 is 5.73 Å². The predicted octanol–water partition coefficient (Wildman–Crippen LogP) is -0.433. The van der Waals surface area contributed by atoms with Gasteiger partial charge in [-0.2, -0.15) is 0 Å². The topological polar surface area (TPSA) is 66.0 Å². The third-order valence-corrected chi connectivity index (χ3v) is 2.14. The maximum Gasteiger partial charge on any atom is 0.0732 e. The Bertz CT molecular complexity index is 236. The zero-order valence-electron chi connectivity index (χ0n) is 6.76. The fraction of sp³-hybridized carbons (Fsp3) is 0.714. The second kappa shape index (κ2) is 3.20. The standard InChI is InChI=1S/C7H12N4O/c8-6-5-12-4-1-7(6)11-3-2-9-10-11/h2-3,6-7H,1,4-5,8H2/t6-,7-/m0/s1. The predicted molar refractivity (Wildman–Crippen MR) is 42.5 cm³/mol. The minimum Gasteiger partial charge on any atom is -0.380 e. The van der Waals surface area contributed by atoms with Crippen molar-refractivity contribution in [3.63, 3.8) is 0 Å². The summed E-state index contributed by atoms with van der Waals surface area (Å²) in [7, 11) is 0. The van der Waals surface area contributed by atoms with Crippen LogP contribution in [0.5, 0.6) is 0 Å². The smallest absolute Gasteiger partial charge is 0.0732 e. The first-order chi connectivity index (χ1) is 5.88. The molecule has 0 saturated carbocycles. The fourth-order valence-corrected chi connectivity index (χ4v) is 1.47. The largest absolute Gasteiger partial charge is 0.380 e. The Kier molecular flexibility index (Phi) is 2.05.